The van der Waals surface area contributed by atoms with Gasteiger partial charge in [-0.05, 0) is 22.3 Å². The predicted octanol–water partition coefficient (Wildman–Crippen LogP) is 8.38. The lowest BCUT2D eigenvalue weighted by Crippen LogP contribution is -2.61. The lowest BCUT2D eigenvalue weighted by atomic mass is 9.76. The summed E-state index contributed by atoms with van der Waals surface area (Å²) in [4.78, 5) is 0. The highest BCUT2D eigenvalue weighted by Crippen LogP contribution is 2.48. The molecule has 4 atom stereocenters. The molecule has 1 aliphatic carbocycles. The fourth-order valence-electron chi connectivity index (χ4n) is 5.34. The first kappa shape index (κ1) is 31.6. The lowest BCUT2D eigenvalue weighted by molar-refractivity contribution is -0.233. The van der Waals surface area contributed by atoms with Gasteiger partial charge in [-0.2, -0.15) is 8.78 Å². The van der Waals surface area contributed by atoms with Crippen molar-refractivity contribution < 1.29 is 36.5 Å². The Morgan fingerprint density at radius 3 is 1.34 bits per heavy atom. The van der Waals surface area contributed by atoms with Crippen molar-refractivity contribution in [1.29, 1.82) is 0 Å². The van der Waals surface area contributed by atoms with Crippen LogP contribution >= 0.6 is 0 Å². The second-order valence-electron chi connectivity index (χ2n) is 10.6. The second-order valence-corrected chi connectivity index (χ2v) is 10.6. The van der Waals surface area contributed by atoms with Gasteiger partial charge < -0.3 is 18.9 Å². The molecule has 0 N–H and O–H groups in total. The fraction of sp³-hybridized carbons (Fsp3) is 0.278. The van der Waals surface area contributed by atoms with Gasteiger partial charge >= 0.3 is 0 Å². The van der Waals surface area contributed by atoms with Gasteiger partial charge in [-0.1, -0.05) is 121 Å². The summed E-state index contributed by atoms with van der Waals surface area (Å²) in [6.45, 7) is -0.755. The van der Waals surface area contributed by atoms with E-state index in [1.807, 2.05) is 54.6 Å². The normalized spacial score (nSPS) is 21.2. The first-order valence-electron chi connectivity index (χ1n) is 14.4. The van der Waals surface area contributed by atoms with E-state index in [4.69, 9.17) is 18.9 Å². The molecule has 1 saturated carbocycles. The van der Waals surface area contributed by atoms with Crippen LogP contribution in [0.1, 0.15) is 22.3 Å². The van der Waals surface area contributed by atoms with Crippen molar-refractivity contribution in [1.82, 2.24) is 0 Å². The van der Waals surface area contributed by atoms with Gasteiger partial charge in [0.2, 0.25) is 0 Å². The zero-order valence-electron chi connectivity index (χ0n) is 24.0. The van der Waals surface area contributed by atoms with Crippen LogP contribution in [0.4, 0.5) is 17.6 Å². The Morgan fingerprint density at radius 1 is 0.523 bits per heavy atom. The van der Waals surface area contributed by atoms with Gasteiger partial charge in [-0.15, -0.1) is 0 Å². The van der Waals surface area contributed by atoms with Crippen molar-refractivity contribution in [2.24, 2.45) is 5.92 Å². The Labute approximate surface area is 254 Å². The van der Waals surface area contributed by atoms with E-state index < -0.39 is 48.4 Å². The molecule has 4 aromatic carbocycles. The first-order valence-corrected chi connectivity index (χ1v) is 14.4. The summed E-state index contributed by atoms with van der Waals surface area (Å²) in [6, 6.07) is 36.0. The summed E-state index contributed by atoms with van der Waals surface area (Å²) in [5.74, 6) is -5.81. The van der Waals surface area contributed by atoms with E-state index in [1.54, 1.807) is 66.7 Å². The molecule has 44 heavy (non-hydrogen) atoms. The standard InChI is InChI=1S/C36H34F4O4/c37-35(38)31-33(43-23-28-17-9-3-10-18-28)34(44-24-29-19-11-4-12-20-29)32(42-22-27-15-7-2-8-16-27)30(36(31,39)40)25-41-21-26-13-5-1-6-14-26/h1-20,30,32-34H,21-25H2/t30-,32-,33+,34+/m1/s1. The molecule has 0 aromatic heterocycles. The quantitative estimate of drug-likeness (QED) is 0.143. The molecule has 0 aliphatic heterocycles. The van der Waals surface area contributed by atoms with Crippen LogP contribution in [0.25, 0.3) is 0 Å². The highest BCUT2D eigenvalue weighted by molar-refractivity contribution is 5.29. The van der Waals surface area contributed by atoms with Gasteiger partial charge in [-0.25, -0.2) is 8.78 Å². The Balaban J connectivity index is 1.50. The van der Waals surface area contributed by atoms with Crippen LogP contribution in [-0.4, -0.2) is 30.8 Å². The number of halogens is 4. The Morgan fingerprint density at radius 2 is 0.909 bits per heavy atom. The van der Waals surface area contributed by atoms with Crippen LogP contribution in [0, 0.1) is 5.92 Å². The van der Waals surface area contributed by atoms with Crippen molar-refractivity contribution in [2.45, 2.75) is 50.7 Å². The lowest BCUT2D eigenvalue weighted by Gasteiger charge is -2.47. The zero-order valence-corrected chi connectivity index (χ0v) is 24.0. The summed E-state index contributed by atoms with van der Waals surface area (Å²) < 4.78 is 86.1. The van der Waals surface area contributed by atoms with E-state index in [-0.39, 0.29) is 26.4 Å². The van der Waals surface area contributed by atoms with Crippen molar-refractivity contribution in [3.05, 3.63) is 155 Å². The number of hydrogen-bond donors (Lipinski definition) is 0. The van der Waals surface area contributed by atoms with E-state index in [0.29, 0.717) is 5.56 Å². The number of benzene rings is 4. The van der Waals surface area contributed by atoms with Gasteiger partial charge in [0.15, 0.2) is 0 Å². The molecule has 0 unspecified atom stereocenters. The molecule has 0 heterocycles. The highest BCUT2D eigenvalue weighted by Gasteiger charge is 2.62. The minimum absolute atomic E-state index is 0.0216. The van der Waals surface area contributed by atoms with E-state index in [2.05, 4.69) is 0 Å². The maximum Gasteiger partial charge on any atom is 0.284 e. The average molecular weight is 607 g/mol. The SMILES string of the molecule is FC(F)=C1[C@H](OCc2ccccc2)[C@@H](OCc2ccccc2)[C@H](OCc2ccccc2)[C@@H](COCc2ccccc2)C1(F)F. The van der Waals surface area contributed by atoms with Crippen LogP contribution in [-0.2, 0) is 45.4 Å². The monoisotopic (exact) mass is 606 g/mol. The molecular formula is C36H34F4O4. The minimum Gasteiger partial charge on any atom is -0.376 e. The Bertz CT molecular complexity index is 1450. The zero-order chi connectivity index (χ0) is 30.8. The number of hydrogen-bond acceptors (Lipinski definition) is 4. The maximum absolute atomic E-state index is 16.4. The van der Waals surface area contributed by atoms with Crippen molar-refractivity contribution in [3.8, 4) is 0 Å². The second kappa shape index (κ2) is 15.3. The van der Waals surface area contributed by atoms with Gasteiger partial charge in [0.25, 0.3) is 12.0 Å². The van der Waals surface area contributed by atoms with E-state index in [1.165, 1.54) is 0 Å². The first-order chi connectivity index (χ1) is 21.4. The van der Waals surface area contributed by atoms with Crippen LogP contribution < -0.4 is 0 Å². The number of ether oxygens (including phenoxy) is 4. The topological polar surface area (TPSA) is 36.9 Å². The van der Waals surface area contributed by atoms with E-state index >= 15 is 8.78 Å². The average Bonchev–Trinajstić information content (AvgIpc) is 3.04. The van der Waals surface area contributed by atoms with Crippen molar-refractivity contribution >= 4 is 0 Å². The third-order valence-electron chi connectivity index (χ3n) is 7.58. The van der Waals surface area contributed by atoms with Gasteiger partial charge in [0.1, 0.15) is 12.2 Å². The third-order valence-corrected chi connectivity index (χ3v) is 7.58. The summed E-state index contributed by atoms with van der Waals surface area (Å²) in [7, 11) is 0. The minimum atomic E-state index is -4.02. The maximum atomic E-state index is 16.4. The molecule has 4 aromatic rings. The third kappa shape index (κ3) is 8.01. The molecule has 0 radical (unpaired) electrons. The molecule has 1 aliphatic rings. The molecule has 230 valence electrons. The summed E-state index contributed by atoms with van der Waals surface area (Å²) in [6.07, 6.45) is -6.95. The molecule has 0 bridgehead atoms. The van der Waals surface area contributed by atoms with Crippen molar-refractivity contribution in [3.63, 3.8) is 0 Å². The summed E-state index contributed by atoms with van der Waals surface area (Å²) in [5, 5.41) is 0. The Kier molecular flexibility index (Phi) is 11.0. The number of rotatable bonds is 13. The summed E-state index contributed by atoms with van der Waals surface area (Å²) >= 11 is 0. The summed E-state index contributed by atoms with van der Waals surface area (Å²) in [5.41, 5.74) is 1.49. The van der Waals surface area contributed by atoms with Crippen LogP contribution in [0.5, 0.6) is 0 Å². The van der Waals surface area contributed by atoms with Crippen LogP contribution in [0.2, 0.25) is 0 Å². The predicted molar refractivity (Wildman–Crippen MR) is 159 cm³/mol. The fourth-order valence-corrected chi connectivity index (χ4v) is 5.34. The van der Waals surface area contributed by atoms with Crippen molar-refractivity contribution in [2.75, 3.05) is 6.61 Å². The van der Waals surface area contributed by atoms with Gasteiger partial charge in [-0.3, -0.25) is 0 Å². The largest absolute Gasteiger partial charge is 0.376 e. The number of alkyl halides is 2. The molecule has 0 amide bonds. The molecule has 4 nitrogen and oxygen atoms in total. The van der Waals surface area contributed by atoms with Gasteiger partial charge in [0, 0.05) is 0 Å². The molecule has 5 rings (SSSR count). The van der Waals surface area contributed by atoms with Gasteiger partial charge in [0.05, 0.1) is 50.6 Å². The van der Waals surface area contributed by atoms with Crippen LogP contribution in [0.15, 0.2) is 133 Å². The molecule has 1 fully saturated rings. The van der Waals surface area contributed by atoms with Crippen LogP contribution in [0.3, 0.4) is 0 Å². The molecule has 8 heteroatoms. The van der Waals surface area contributed by atoms with E-state index in [9.17, 15) is 8.78 Å². The molecule has 0 saturated heterocycles. The molecule has 0 spiro atoms. The highest BCUT2D eigenvalue weighted by atomic mass is 19.3. The Hall–Kier alpha value is -3.82. The molecular weight excluding hydrogens is 572 g/mol. The van der Waals surface area contributed by atoms with E-state index in [0.717, 1.165) is 16.7 Å². The smallest absolute Gasteiger partial charge is 0.284 e.